The van der Waals surface area contributed by atoms with Crippen LogP contribution in [0.2, 0.25) is 0 Å². The van der Waals surface area contributed by atoms with Crippen LogP contribution in [0.15, 0.2) is 20.9 Å². The van der Waals surface area contributed by atoms with E-state index in [0.29, 0.717) is 10.2 Å². The fourth-order valence-electron chi connectivity index (χ4n) is 1.17. The van der Waals surface area contributed by atoms with Crippen LogP contribution in [0.1, 0.15) is 11.4 Å². The van der Waals surface area contributed by atoms with Crippen molar-refractivity contribution < 1.29 is 8.78 Å². The maximum absolute atomic E-state index is 13.6. The van der Waals surface area contributed by atoms with E-state index in [4.69, 9.17) is 0 Å². The molecule has 2 nitrogen and oxygen atoms in total. The fourth-order valence-corrected chi connectivity index (χ4v) is 3.20. The molecule has 0 bridgehead atoms. The molecule has 17 heavy (non-hydrogen) atoms. The summed E-state index contributed by atoms with van der Waals surface area (Å²) in [4.78, 5) is 4.12. The first-order valence-corrected chi connectivity index (χ1v) is 7.18. The number of thioether (sulfide) groups is 1. The zero-order chi connectivity index (χ0) is 12.4. The number of hydrogen-bond donors (Lipinski definition) is 0. The van der Waals surface area contributed by atoms with Crippen LogP contribution in [0.25, 0.3) is 0 Å². The molecule has 2 rings (SSSR count). The Bertz CT molecular complexity index is 545. The average Bonchev–Trinajstić information content (AvgIpc) is 2.70. The number of aromatic nitrogens is 2. The van der Waals surface area contributed by atoms with Crippen LogP contribution in [-0.2, 0) is 5.75 Å². The predicted octanol–water partition coefficient (Wildman–Crippen LogP) is 4.18. The Balaban J connectivity index is 2.16. The van der Waals surface area contributed by atoms with Crippen LogP contribution < -0.4 is 0 Å². The lowest BCUT2D eigenvalue weighted by Crippen LogP contribution is -1.94. The van der Waals surface area contributed by atoms with Crippen molar-refractivity contribution >= 4 is 39.2 Å². The lowest BCUT2D eigenvalue weighted by Gasteiger charge is -2.04. The summed E-state index contributed by atoms with van der Waals surface area (Å²) >= 11 is 5.54. The Morgan fingerprint density at radius 1 is 1.41 bits per heavy atom. The van der Waals surface area contributed by atoms with Gasteiger partial charge < -0.3 is 0 Å². The van der Waals surface area contributed by atoms with Crippen LogP contribution >= 0.6 is 39.2 Å². The molecule has 2 aromatic rings. The van der Waals surface area contributed by atoms with Crippen LogP contribution in [-0.4, -0.2) is 9.36 Å². The lowest BCUT2D eigenvalue weighted by molar-refractivity contribution is 0.562. The second-order valence-electron chi connectivity index (χ2n) is 3.22. The minimum Gasteiger partial charge on any atom is -0.213 e. The molecule has 0 unspecified atom stereocenters. The van der Waals surface area contributed by atoms with E-state index in [1.165, 1.54) is 35.4 Å². The second-order valence-corrected chi connectivity index (χ2v) is 6.05. The van der Waals surface area contributed by atoms with Gasteiger partial charge >= 0.3 is 0 Å². The van der Waals surface area contributed by atoms with E-state index in [1.807, 2.05) is 0 Å². The highest BCUT2D eigenvalue weighted by Gasteiger charge is 2.13. The van der Waals surface area contributed by atoms with E-state index >= 15 is 0 Å². The normalized spacial score (nSPS) is 10.8. The molecule has 0 atom stereocenters. The Morgan fingerprint density at radius 3 is 2.82 bits per heavy atom. The third-order valence-electron chi connectivity index (χ3n) is 1.99. The first-order valence-electron chi connectivity index (χ1n) is 4.63. The first-order chi connectivity index (χ1) is 8.08. The molecule has 90 valence electrons. The van der Waals surface area contributed by atoms with Gasteiger partial charge in [-0.25, -0.2) is 13.8 Å². The Kier molecular flexibility index (Phi) is 4.11. The van der Waals surface area contributed by atoms with Crippen molar-refractivity contribution in [3.8, 4) is 0 Å². The maximum Gasteiger partial charge on any atom is 0.170 e. The van der Waals surface area contributed by atoms with Gasteiger partial charge in [0.1, 0.15) is 17.5 Å². The molecular formula is C10H7BrF2N2S2. The molecule has 0 aliphatic rings. The van der Waals surface area contributed by atoms with Gasteiger partial charge in [-0.2, -0.15) is 4.37 Å². The van der Waals surface area contributed by atoms with Gasteiger partial charge in [-0.3, -0.25) is 0 Å². The number of benzene rings is 1. The van der Waals surface area contributed by atoms with Crippen molar-refractivity contribution in [1.29, 1.82) is 0 Å². The van der Waals surface area contributed by atoms with E-state index < -0.39 is 11.6 Å². The third kappa shape index (κ3) is 3.02. The Morgan fingerprint density at radius 2 is 2.18 bits per heavy atom. The van der Waals surface area contributed by atoms with E-state index in [1.54, 1.807) is 6.92 Å². The molecule has 0 radical (unpaired) electrons. The van der Waals surface area contributed by atoms with Gasteiger partial charge in [0.05, 0.1) is 4.47 Å². The van der Waals surface area contributed by atoms with Crippen molar-refractivity contribution in [3.05, 3.63) is 39.6 Å². The molecule has 0 spiro atoms. The molecule has 0 saturated heterocycles. The summed E-state index contributed by atoms with van der Waals surface area (Å²) in [6, 6.07) is 2.60. The van der Waals surface area contributed by atoms with Gasteiger partial charge in [0.15, 0.2) is 4.34 Å². The SMILES string of the molecule is Cc1nsc(SCc2c(F)ccc(Br)c2F)n1. The van der Waals surface area contributed by atoms with Crippen LogP contribution in [0.4, 0.5) is 8.78 Å². The molecular weight excluding hydrogens is 330 g/mol. The average molecular weight is 337 g/mol. The Labute approximate surface area is 114 Å². The van der Waals surface area contributed by atoms with Gasteiger partial charge in [0.25, 0.3) is 0 Å². The van der Waals surface area contributed by atoms with E-state index in [9.17, 15) is 8.78 Å². The minimum absolute atomic E-state index is 0.0530. The summed E-state index contributed by atoms with van der Waals surface area (Å²) in [5.74, 6) is -0.225. The van der Waals surface area contributed by atoms with Gasteiger partial charge in [0, 0.05) is 11.3 Å². The van der Waals surface area contributed by atoms with Crippen molar-refractivity contribution in [1.82, 2.24) is 9.36 Å². The summed E-state index contributed by atoms with van der Waals surface area (Å²) in [6.45, 7) is 1.78. The molecule has 0 aliphatic carbocycles. The van der Waals surface area contributed by atoms with Gasteiger partial charge in [-0.05, 0) is 46.5 Å². The van der Waals surface area contributed by atoms with Gasteiger partial charge in [0.2, 0.25) is 0 Å². The van der Waals surface area contributed by atoms with Crippen molar-refractivity contribution in [2.75, 3.05) is 0 Å². The summed E-state index contributed by atoms with van der Waals surface area (Å²) in [7, 11) is 0. The highest BCUT2D eigenvalue weighted by Crippen LogP contribution is 2.29. The largest absolute Gasteiger partial charge is 0.213 e. The smallest absolute Gasteiger partial charge is 0.170 e. The minimum atomic E-state index is -0.557. The highest BCUT2D eigenvalue weighted by molar-refractivity contribution is 9.10. The zero-order valence-electron chi connectivity index (χ0n) is 8.71. The van der Waals surface area contributed by atoms with Crippen LogP contribution in [0, 0.1) is 18.6 Å². The van der Waals surface area contributed by atoms with Crippen LogP contribution in [0.3, 0.4) is 0 Å². The Hall–Kier alpha value is -0.530. The topological polar surface area (TPSA) is 25.8 Å². The van der Waals surface area contributed by atoms with E-state index in [-0.39, 0.29) is 15.8 Å². The summed E-state index contributed by atoms with van der Waals surface area (Å²) in [6.07, 6.45) is 0. The molecule has 0 fully saturated rings. The molecule has 1 aromatic heterocycles. The second kappa shape index (κ2) is 5.41. The molecule has 0 N–H and O–H groups in total. The predicted molar refractivity (Wildman–Crippen MR) is 68.3 cm³/mol. The number of nitrogens with zero attached hydrogens (tertiary/aromatic N) is 2. The van der Waals surface area contributed by atoms with Gasteiger partial charge in [-0.1, -0.05) is 11.8 Å². The molecule has 0 aliphatic heterocycles. The van der Waals surface area contributed by atoms with Crippen molar-refractivity contribution in [2.45, 2.75) is 17.0 Å². The lowest BCUT2D eigenvalue weighted by atomic mass is 10.2. The van der Waals surface area contributed by atoms with E-state index in [0.717, 1.165) is 0 Å². The van der Waals surface area contributed by atoms with Crippen molar-refractivity contribution in [2.24, 2.45) is 0 Å². The summed E-state index contributed by atoms with van der Waals surface area (Å²) in [5, 5.41) is 0. The standard InChI is InChI=1S/C10H7BrF2N2S2/c1-5-14-10(17-15-5)16-4-6-8(12)3-2-7(11)9(6)13/h2-3H,4H2,1H3. The fraction of sp³-hybridized carbons (Fsp3) is 0.200. The number of rotatable bonds is 3. The summed E-state index contributed by atoms with van der Waals surface area (Å²) < 4.78 is 32.0. The monoisotopic (exact) mass is 336 g/mol. The zero-order valence-corrected chi connectivity index (χ0v) is 11.9. The van der Waals surface area contributed by atoms with Crippen molar-refractivity contribution in [3.63, 3.8) is 0 Å². The molecule has 1 heterocycles. The molecule has 1 aromatic carbocycles. The third-order valence-corrected chi connectivity index (χ3v) is 4.55. The summed E-state index contributed by atoms with van der Waals surface area (Å²) in [5.41, 5.74) is 0.0530. The number of halogens is 3. The quantitative estimate of drug-likeness (QED) is 0.621. The molecule has 7 heteroatoms. The first kappa shape index (κ1) is 12.9. The van der Waals surface area contributed by atoms with Gasteiger partial charge in [-0.15, -0.1) is 0 Å². The molecule has 0 amide bonds. The molecule has 0 saturated carbocycles. The highest BCUT2D eigenvalue weighted by atomic mass is 79.9. The number of aryl methyl sites for hydroxylation is 1. The maximum atomic E-state index is 13.6. The van der Waals surface area contributed by atoms with E-state index in [2.05, 4.69) is 25.3 Å². The van der Waals surface area contributed by atoms with Crippen LogP contribution in [0.5, 0.6) is 0 Å². The number of hydrogen-bond acceptors (Lipinski definition) is 4.